The van der Waals surface area contributed by atoms with Gasteiger partial charge in [0.25, 0.3) is 0 Å². The first kappa shape index (κ1) is 12.6. The van der Waals surface area contributed by atoms with Gasteiger partial charge >= 0.3 is 5.97 Å². The van der Waals surface area contributed by atoms with E-state index in [-0.39, 0.29) is 17.8 Å². The molecule has 2 rings (SSSR count). The second-order valence-corrected chi connectivity index (χ2v) is 5.23. The number of hydrogen-bond acceptors (Lipinski definition) is 2. The third kappa shape index (κ3) is 2.38. The predicted octanol–water partition coefficient (Wildman–Crippen LogP) is 3.02. The van der Waals surface area contributed by atoms with E-state index in [0.29, 0.717) is 11.5 Å². The summed E-state index contributed by atoms with van der Waals surface area (Å²) in [5.41, 5.74) is 1.79. The molecule has 3 heteroatoms. The smallest absolute Gasteiger partial charge is 0.306 e. The number of carboxylic acids is 1. The number of rotatable bonds is 4. The Hall–Kier alpha value is -1.82. The second kappa shape index (κ2) is 4.81. The minimum Gasteiger partial charge on any atom is -0.481 e. The molecule has 0 aromatic heterocycles. The number of aliphatic carboxylic acids is 1. The second-order valence-electron chi connectivity index (χ2n) is 5.23. The van der Waals surface area contributed by atoms with Crippen LogP contribution in [0.15, 0.2) is 24.3 Å². The molecular formula is C15H17NO2. The molecule has 0 radical (unpaired) electrons. The first-order chi connectivity index (χ1) is 8.54. The normalized spacial score (nSPS) is 24.9. The molecule has 4 unspecified atom stereocenters. The summed E-state index contributed by atoms with van der Waals surface area (Å²) in [6.07, 6.45) is 0.790. The molecule has 4 atom stereocenters. The third-order valence-electron chi connectivity index (χ3n) is 4.16. The van der Waals surface area contributed by atoms with Gasteiger partial charge in [-0.15, -0.1) is 0 Å². The topological polar surface area (TPSA) is 61.1 Å². The van der Waals surface area contributed by atoms with Gasteiger partial charge < -0.3 is 5.11 Å². The van der Waals surface area contributed by atoms with E-state index < -0.39 is 5.97 Å². The van der Waals surface area contributed by atoms with Crippen LogP contribution in [0.4, 0.5) is 0 Å². The maximum absolute atomic E-state index is 10.9. The molecule has 1 N–H and O–H groups in total. The van der Waals surface area contributed by atoms with E-state index in [4.69, 9.17) is 10.4 Å². The summed E-state index contributed by atoms with van der Waals surface area (Å²) in [5, 5.41) is 17.9. The highest BCUT2D eigenvalue weighted by molar-refractivity contribution is 5.73. The van der Waals surface area contributed by atoms with Crippen molar-refractivity contribution in [2.45, 2.75) is 26.2 Å². The van der Waals surface area contributed by atoms with Crippen molar-refractivity contribution in [1.82, 2.24) is 0 Å². The van der Waals surface area contributed by atoms with E-state index in [1.807, 2.05) is 18.2 Å². The van der Waals surface area contributed by atoms with Crippen molar-refractivity contribution in [2.24, 2.45) is 17.8 Å². The zero-order valence-electron chi connectivity index (χ0n) is 10.6. The van der Waals surface area contributed by atoms with Gasteiger partial charge in [0.15, 0.2) is 0 Å². The third-order valence-corrected chi connectivity index (χ3v) is 4.16. The Morgan fingerprint density at radius 1 is 1.50 bits per heavy atom. The summed E-state index contributed by atoms with van der Waals surface area (Å²) in [4.78, 5) is 10.9. The molecule has 94 valence electrons. The molecule has 3 nitrogen and oxygen atoms in total. The van der Waals surface area contributed by atoms with Crippen LogP contribution < -0.4 is 0 Å². The molecule has 1 aliphatic rings. The summed E-state index contributed by atoms with van der Waals surface area (Å²) in [7, 11) is 0. The fourth-order valence-corrected chi connectivity index (χ4v) is 2.65. The number of hydrogen-bond donors (Lipinski definition) is 1. The van der Waals surface area contributed by atoms with Gasteiger partial charge in [0.05, 0.1) is 17.6 Å². The number of nitriles is 1. The lowest BCUT2D eigenvalue weighted by molar-refractivity contribution is -0.139. The lowest BCUT2D eigenvalue weighted by Gasteiger charge is -2.20. The van der Waals surface area contributed by atoms with Crippen LogP contribution in [0.1, 0.15) is 37.3 Å². The average Bonchev–Trinajstić information content (AvgIpc) is 3.17. The summed E-state index contributed by atoms with van der Waals surface area (Å²) in [5.74, 6) is 0.0577. The standard InChI is InChI=1S/C15H17NO2/c1-9(10(2)13-7-14(13)15(17)18)12-5-3-4-11(6-12)8-16/h3-6,9-10,13-14H,7H2,1-2H3,(H,17,18). The number of nitrogens with zero attached hydrogens (tertiary/aromatic N) is 1. The molecule has 1 saturated carbocycles. The largest absolute Gasteiger partial charge is 0.481 e. The van der Waals surface area contributed by atoms with Crippen molar-refractivity contribution < 1.29 is 9.90 Å². The zero-order chi connectivity index (χ0) is 13.3. The molecule has 1 aromatic carbocycles. The van der Waals surface area contributed by atoms with Gasteiger partial charge in [0, 0.05) is 0 Å². The van der Waals surface area contributed by atoms with Crippen LogP contribution in [0.25, 0.3) is 0 Å². The summed E-state index contributed by atoms with van der Waals surface area (Å²) in [6.45, 7) is 4.22. The van der Waals surface area contributed by atoms with Gasteiger partial charge in [0.2, 0.25) is 0 Å². The van der Waals surface area contributed by atoms with Crippen LogP contribution in [0.3, 0.4) is 0 Å². The Labute approximate surface area is 107 Å². The molecule has 0 heterocycles. The van der Waals surface area contributed by atoms with Crippen LogP contribution in [-0.2, 0) is 4.79 Å². The van der Waals surface area contributed by atoms with Crippen molar-refractivity contribution in [3.63, 3.8) is 0 Å². The first-order valence-electron chi connectivity index (χ1n) is 6.27. The van der Waals surface area contributed by atoms with Crippen molar-refractivity contribution in [1.29, 1.82) is 5.26 Å². The zero-order valence-corrected chi connectivity index (χ0v) is 10.6. The van der Waals surface area contributed by atoms with Gasteiger partial charge in [0.1, 0.15) is 0 Å². The van der Waals surface area contributed by atoms with Gasteiger partial charge in [-0.3, -0.25) is 4.79 Å². The van der Waals surface area contributed by atoms with Gasteiger partial charge in [-0.25, -0.2) is 0 Å². The van der Waals surface area contributed by atoms with E-state index in [1.165, 1.54) is 0 Å². The lowest BCUT2D eigenvalue weighted by Crippen LogP contribution is -2.12. The van der Waals surface area contributed by atoms with Gasteiger partial charge in [-0.1, -0.05) is 26.0 Å². The molecule has 0 saturated heterocycles. The van der Waals surface area contributed by atoms with Crippen molar-refractivity contribution >= 4 is 5.97 Å². The molecular weight excluding hydrogens is 226 g/mol. The van der Waals surface area contributed by atoms with E-state index in [1.54, 1.807) is 6.07 Å². The van der Waals surface area contributed by atoms with Crippen molar-refractivity contribution in [3.8, 4) is 6.07 Å². The molecule has 0 aliphatic heterocycles. The maximum atomic E-state index is 10.9. The molecule has 0 amide bonds. The van der Waals surface area contributed by atoms with E-state index in [9.17, 15) is 4.79 Å². The Morgan fingerprint density at radius 3 is 2.78 bits per heavy atom. The number of benzene rings is 1. The van der Waals surface area contributed by atoms with E-state index in [2.05, 4.69) is 19.9 Å². The molecule has 0 bridgehead atoms. The highest BCUT2D eigenvalue weighted by Crippen LogP contribution is 2.49. The van der Waals surface area contributed by atoms with Crippen molar-refractivity contribution in [3.05, 3.63) is 35.4 Å². The first-order valence-corrected chi connectivity index (χ1v) is 6.27. The van der Waals surface area contributed by atoms with Crippen LogP contribution in [0.2, 0.25) is 0 Å². The average molecular weight is 243 g/mol. The summed E-state index contributed by atoms with van der Waals surface area (Å²) in [6, 6.07) is 9.73. The fourth-order valence-electron chi connectivity index (χ4n) is 2.65. The summed E-state index contributed by atoms with van der Waals surface area (Å²) >= 11 is 0. The number of carbonyl (C=O) groups is 1. The van der Waals surface area contributed by atoms with Crippen LogP contribution in [0, 0.1) is 29.1 Å². The minimum atomic E-state index is -0.676. The van der Waals surface area contributed by atoms with E-state index in [0.717, 1.165) is 12.0 Å². The quantitative estimate of drug-likeness (QED) is 0.884. The number of carboxylic acid groups (broad SMARTS) is 1. The Morgan fingerprint density at radius 2 is 2.22 bits per heavy atom. The highest BCUT2D eigenvalue weighted by atomic mass is 16.4. The Bertz CT molecular complexity index is 503. The molecule has 1 aliphatic carbocycles. The highest BCUT2D eigenvalue weighted by Gasteiger charge is 2.47. The van der Waals surface area contributed by atoms with Gasteiger partial charge in [-0.05, 0) is 41.9 Å². The summed E-state index contributed by atoms with van der Waals surface area (Å²) < 4.78 is 0. The molecule has 1 aromatic rings. The minimum absolute atomic E-state index is 0.165. The fraction of sp³-hybridized carbons (Fsp3) is 0.467. The SMILES string of the molecule is CC(c1cccc(C#N)c1)C(C)C1CC1C(=O)O. The Balaban J connectivity index is 2.09. The van der Waals surface area contributed by atoms with Crippen molar-refractivity contribution in [2.75, 3.05) is 0 Å². The van der Waals surface area contributed by atoms with Gasteiger partial charge in [-0.2, -0.15) is 5.26 Å². The lowest BCUT2D eigenvalue weighted by atomic mass is 9.84. The van der Waals surface area contributed by atoms with Crippen LogP contribution in [0.5, 0.6) is 0 Å². The Kier molecular flexibility index (Phi) is 3.38. The maximum Gasteiger partial charge on any atom is 0.306 e. The predicted molar refractivity (Wildman–Crippen MR) is 68.0 cm³/mol. The molecule has 18 heavy (non-hydrogen) atoms. The molecule has 0 spiro atoms. The van der Waals surface area contributed by atoms with Crippen LogP contribution in [-0.4, -0.2) is 11.1 Å². The van der Waals surface area contributed by atoms with E-state index >= 15 is 0 Å². The molecule has 1 fully saturated rings. The monoisotopic (exact) mass is 243 g/mol. The van der Waals surface area contributed by atoms with Crippen LogP contribution >= 0.6 is 0 Å².